The number of anilines is 1. The predicted molar refractivity (Wildman–Crippen MR) is 66.9 cm³/mol. The van der Waals surface area contributed by atoms with Gasteiger partial charge in [-0.1, -0.05) is 0 Å². The van der Waals surface area contributed by atoms with E-state index in [1.807, 2.05) is 0 Å². The molecule has 5 nitrogen and oxygen atoms in total. The zero-order valence-electron chi connectivity index (χ0n) is 10.6. The fourth-order valence-corrected chi connectivity index (χ4v) is 3.09. The smallest absolute Gasteiger partial charge is 0.244 e. The Labute approximate surface area is 110 Å². The molecule has 0 heterocycles. The van der Waals surface area contributed by atoms with Crippen molar-refractivity contribution in [2.75, 3.05) is 12.3 Å². The summed E-state index contributed by atoms with van der Waals surface area (Å²) in [6.45, 7) is 2.78. The van der Waals surface area contributed by atoms with Gasteiger partial charge in [-0.25, -0.2) is 21.9 Å². The molecule has 0 aromatic heterocycles. The Morgan fingerprint density at radius 2 is 1.95 bits per heavy atom. The zero-order chi connectivity index (χ0) is 14.8. The van der Waals surface area contributed by atoms with Crippen LogP contribution in [0.25, 0.3) is 0 Å². The van der Waals surface area contributed by atoms with E-state index in [1.54, 1.807) is 0 Å². The summed E-state index contributed by atoms with van der Waals surface area (Å²) < 4.78 is 52.9. The first kappa shape index (κ1) is 15.8. The van der Waals surface area contributed by atoms with E-state index >= 15 is 0 Å². The van der Waals surface area contributed by atoms with Gasteiger partial charge < -0.3 is 10.8 Å². The number of benzene rings is 1. The molecule has 0 aliphatic rings. The number of rotatable bonds is 5. The summed E-state index contributed by atoms with van der Waals surface area (Å²) in [5.41, 5.74) is 4.11. The third kappa shape index (κ3) is 3.85. The molecule has 19 heavy (non-hydrogen) atoms. The highest BCUT2D eigenvalue weighted by atomic mass is 32.2. The van der Waals surface area contributed by atoms with Gasteiger partial charge in [-0.05, 0) is 32.4 Å². The van der Waals surface area contributed by atoms with E-state index < -0.39 is 32.1 Å². The third-order valence-corrected chi connectivity index (χ3v) is 4.15. The molecule has 1 aromatic rings. The molecule has 0 spiro atoms. The van der Waals surface area contributed by atoms with Gasteiger partial charge in [-0.3, -0.25) is 0 Å². The van der Waals surface area contributed by atoms with Crippen molar-refractivity contribution in [1.82, 2.24) is 4.72 Å². The Balaban J connectivity index is 3.22. The molecule has 0 unspecified atom stereocenters. The molecule has 108 valence electrons. The van der Waals surface area contributed by atoms with E-state index in [-0.39, 0.29) is 18.7 Å². The molecule has 1 rings (SSSR count). The quantitative estimate of drug-likeness (QED) is 0.706. The van der Waals surface area contributed by atoms with Crippen molar-refractivity contribution in [2.24, 2.45) is 0 Å². The minimum Gasteiger partial charge on any atom is -0.399 e. The molecule has 0 radical (unpaired) electrons. The normalized spacial score (nSPS) is 12.7. The van der Waals surface area contributed by atoms with Crippen molar-refractivity contribution in [3.63, 3.8) is 0 Å². The first-order valence-electron chi connectivity index (χ1n) is 5.48. The molecule has 1 aromatic carbocycles. The molecule has 0 amide bonds. The first-order chi connectivity index (χ1) is 8.59. The number of nitrogen functional groups attached to an aromatic ring is 1. The maximum Gasteiger partial charge on any atom is 0.244 e. The first-order valence-corrected chi connectivity index (χ1v) is 6.97. The molecule has 0 saturated carbocycles. The number of hydrogen-bond donors (Lipinski definition) is 3. The van der Waals surface area contributed by atoms with E-state index in [0.717, 1.165) is 6.07 Å². The van der Waals surface area contributed by atoms with Crippen molar-refractivity contribution < 1.29 is 22.3 Å². The second-order valence-electron chi connectivity index (χ2n) is 4.78. The van der Waals surface area contributed by atoms with Gasteiger partial charge in [-0.2, -0.15) is 0 Å². The number of halogens is 2. The summed E-state index contributed by atoms with van der Waals surface area (Å²) in [7, 11) is -4.27. The number of nitrogens with one attached hydrogen (secondary N) is 1. The molecule has 8 heteroatoms. The summed E-state index contributed by atoms with van der Waals surface area (Å²) in [6.07, 6.45) is 0.124. The molecule has 0 fully saturated rings. The monoisotopic (exact) mass is 294 g/mol. The van der Waals surface area contributed by atoms with Crippen molar-refractivity contribution in [3.8, 4) is 0 Å². The maximum absolute atomic E-state index is 13.5. The largest absolute Gasteiger partial charge is 0.399 e. The summed E-state index contributed by atoms with van der Waals surface area (Å²) in [4.78, 5) is -0.851. The highest BCUT2D eigenvalue weighted by Gasteiger charge is 2.29. The maximum atomic E-state index is 13.5. The highest BCUT2D eigenvalue weighted by molar-refractivity contribution is 7.89. The number of aliphatic hydroxyl groups excluding tert-OH is 1. The van der Waals surface area contributed by atoms with Gasteiger partial charge in [0.1, 0.15) is 4.90 Å². The Kier molecular flexibility index (Phi) is 4.49. The third-order valence-electron chi connectivity index (χ3n) is 2.45. The molecule has 0 bridgehead atoms. The Morgan fingerprint density at radius 3 is 2.47 bits per heavy atom. The molecular weight excluding hydrogens is 278 g/mol. The minimum absolute atomic E-state index is 0.124. The van der Waals surface area contributed by atoms with Gasteiger partial charge in [0.15, 0.2) is 11.6 Å². The van der Waals surface area contributed by atoms with E-state index in [2.05, 4.69) is 4.72 Å². The van der Waals surface area contributed by atoms with Crippen LogP contribution in [-0.4, -0.2) is 25.7 Å². The molecular formula is C11H16F2N2O3S. The fourth-order valence-electron chi connectivity index (χ4n) is 1.53. The SMILES string of the molecule is CC(C)(CCO)NS(=O)(=O)c1cc(N)cc(F)c1F. The van der Waals surface area contributed by atoms with Crippen LogP contribution in [0.4, 0.5) is 14.5 Å². The topological polar surface area (TPSA) is 92.4 Å². The summed E-state index contributed by atoms with van der Waals surface area (Å²) >= 11 is 0. The predicted octanol–water partition coefficient (Wildman–Crippen LogP) is 0.986. The van der Waals surface area contributed by atoms with Crippen LogP contribution in [0.2, 0.25) is 0 Å². The number of hydrogen-bond acceptors (Lipinski definition) is 4. The molecule has 0 aliphatic heterocycles. The zero-order valence-corrected chi connectivity index (χ0v) is 11.4. The fraction of sp³-hybridized carbons (Fsp3) is 0.455. The number of sulfonamides is 1. The van der Waals surface area contributed by atoms with Gasteiger partial charge in [0, 0.05) is 17.8 Å². The van der Waals surface area contributed by atoms with E-state index in [0.29, 0.717) is 6.07 Å². The number of aliphatic hydroxyl groups is 1. The van der Waals surface area contributed by atoms with Gasteiger partial charge in [0.25, 0.3) is 0 Å². The lowest BCUT2D eigenvalue weighted by Crippen LogP contribution is -2.44. The lowest BCUT2D eigenvalue weighted by atomic mass is 10.0. The molecule has 0 atom stereocenters. The van der Waals surface area contributed by atoms with Gasteiger partial charge >= 0.3 is 0 Å². The minimum atomic E-state index is -4.27. The van der Waals surface area contributed by atoms with Crippen LogP contribution in [-0.2, 0) is 10.0 Å². The van der Waals surface area contributed by atoms with Crippen LogP contribution in [0.1, 0.15) is 20.3 Å². The van der Waals surface area contributed by atoms with Gasteiger partial charge in [0.05, 0.1) is 0 Å². The van der Waals surface area contributed by atoms with Gasteiger partial charge in [-0.15, -0.1) is 0 Å². The van der Waals surface area contributed by atoms with E-state index in [1.165, 1.54) is 13.8 Å². The molecule has 0 aliphatic carbocycles. The Hall–Kier alpha value is -1.25. The average Bonchev–Trinajstić information content (AvgIpc) is 2.21. The second kappa shape index (κ2) is 5.40. The highest BCUT2D eigenvalue weighted by Crippen LogP contribution is 2.23. The molecule has 4 N–H and O–H groups in total. The van der Waals surface area contributed by atoms with Crippen molar-refractivity contribution in [3.05, 3.63) is 23.8 Å². The summed E-state index contributed by atoms with van der Waals surface area (Å²) in [5.74, 6) is -2.82. The lowest BCUT2D eigenvalue weighted by Gasteiger charge is -2.25. The van der Waals surface area contributed by atoms with Crippen LogP contribution in [0, 0.1) is 11.6 Å². The van der Waals surface area contributed by atoms with Gasteiger partial charge in [0.2, 0.25) is 10.0 Å². The Morgan fingerprint density at radius 1 is 1.37 bits per heavy atom. The van der Waals surface area contributed by atoms with Crippen LogP contribution in [0.5, 0.6) is 0 Å². The van der Waals surface area contributed by atoms with Crippen molar-refractivity contribution in [2.45, 2.75) is 30.7 Å². The lowest BCUT2D eigenvalue weighted by molar-refractivity contribution is 0.245. The van der Waals surface area contributed by atoms with Crippen LogP contribution in [0.3, 0.4) is 0 Å². The summed E-state index contributed by atoms with van der Waals surface area (Å²) in [5, 5.41) is 8.82. The van der Waals surface area contributed by atoms with E-state index in [4.69, 9.17) is 10.8 Å². The molecule has 0 saturated heterocycles. The Bertz CT molecular complexity index is 574. The van der Waals surface area contributed by atoms with Crippen molar-refractivity contribution >= 4 is 15.7 Å². The van der Waals surface area contributed by atoms with Crippen molar-refractivity contribution in [1.29, 1.82) is 0 Å². The average molecular weight is 294 g/mol. The van der Waals surface area contributed by atoms with Crippen LogP contribution >= 0.6 is 0 Å². The summed E-state index contributed by atoms with van der Waals surface area (Å²) in [6, 6.07) is 1.54. The second-order valence-corrected chi connectivity index (χ2v) is 6.43. The van der Waals surface area contributed by atoms with Crippen LogP contribution < -0.4 is 10.5 Å². The number of nitrogens with two attached hydrogens (primary N) is 1. The standard InChI is InChI=1S/C11H16F2N2O3S/c1-11(2,3-4-16)15-19(17,18)9-6-7(14)5-8(12)10(9)13/h5-6,15-16H,3-4,14H2,1-2H3. The van der Waals surface area contributed by atoms with Crippen LogP contribution in [0.15, 0.2) is 17.0 Å². The van der Waals surface area contributed by atoms with E-state index in [9.17, 15) is 17.2 Å².